The second-order valence-electron chi connectivity index (χ2n) is 11.5. The highest BCUT2D eigenvalue weighted by molar-refractivity contribution is 6.30. The number of hydrogen-bond acceptors (Lipinski definition) is 3. The van der Waals surface area contributed by atoms with Gasteiger partial charge in [-0.3, -0.25) is 4.79 Å². The number of carbonyl (C=O) groups excluding carboxylic acids is 1. The number of nitrogens with one attached hydrogen (secondary N) is 1. The maximum absolute atomic E-state index is 11.5. The number of allylic oxidation sites excluding steroid dienone is 2. The molecule has 2 fully saturated rings. The van der Waals surface area contributed by atoms with Crippen LogP contribution < -0.4 is 5.32 Å². The molecule has 206 valence electrons. The highest BCUT2D eigenvalue weighted by Crippen LogP contribution is 2.49. The van der Waals surface area contributed by atoms with Gasteiger partial charge in [-0.2, -0.15) is 0 Å². The average molecular weight is 558 g/mol. The van der Waals surface area contributed by atoms with Crippen LogP contribution in [-0.4, -0.2) is 16.8 Å². The van der Waals surface area contributed by atoms with Crippen LogP contribution in [0.2, 0.25) is 10.0 Å². The van der Waals surface area contributed by atoms with Gasteiger partial charge in [-0.1, -0.05) is 99.2 Å². The van der Waals surface area contributed by atoms with E-state index >= 15 is 0 Å². The van der Waals surface area contributed by atoms with Crippen LogP contribution in [0.15, 0.2) is 65.5 Å². The molecule has 2 aliphatic rings. The Balaban J connectivity index is 0.000000212. The fourth-order valence-corrected chi connectivity index (χ4v) is 5.87. The van der Waals surface area contributed by atoms with E-state index in [4.69, 9.17) is 23.2 Å². The standard InChI is InChI=1S/C17H22ClNO.C15H20ClNO/c1-12(2)11-16(19-13(3)20)17(9-4-10-17)14-5-7-15(18)8-6-14;1-11(2)10-14(17-18)15(8-3-9-15)12-4-6-13(16)7-5-12/h5-8,11-12H,4,9-10H2,1-3H3,(H,19,20);4-7,11,18H,3,8-10H2,1-2H3/b16-11-;17-14+. The second-order valence-corrected chi connectivity index (χ2v) is 12.4. The zero-order chi connectivity index (χ0) is 27.9. The lowest BCUT2D eigenvalue weighted by atomic mass is 9.60. The summed E-state index contributed by atoms with van der Waals surface area (Å²) >= 11 is 11.9. The minimum Gasteiger partial charge on any atom is -0.411 e. The molecule has 0 saturated heterocycles. The molecule has 0 unspecified atom stereocenters. The molecular formula is C32H42Cl2N2O2. The van der Waals surface area contributed by atoms with Crippen molar-refractivity contribution >= 4 is 34.8 Å². The summed E-state index contributed by atoms with van der Waals surface area (Å²) in [5.74, 6) is 0.902. The van der Waals surface area contributed by atoms with E-state index in [0.29, 0.717) is 11.8 Å². The minimum absolute atomic E-state index is 0.00265. The van der Waals surface area contributed by atoms with Crippen LogP contribution in [0.3, 0.4) is 0 Å². The first-order valence-corrected chi connectivity index (χ1v) is 14.5. The fraction of sp³-hybridized carbons (Fsp3) is 0.500. The molecule has 2 aliphatic carbocycles. The number of benzene rings is 2. The van der Waals surface area contributed by atoms with Gasteiger partial charge in [0.25, 0.3) is 0 Å². The highest BCUT2D eigenvalue weighted by atomic mass is 35.5. The predicted molar refractivity (Wildman–Crippen MR) is 159 cm³/mol. The Morgan fingerprint density at radius 1 is 0.895 bits per heavy atom. The molecule has 2 N–H and O–H groups in total. The molecule has 0 radical (unpaired) electrons. The third kappa shape index (κ3) is 7.01. The number of halogens is 2. The number of nitrogens with zero attached hydrogens (tertiary/aromatic N) is 1. The molecule has 0 aromatic heterocycles. The van der Waals surface area contributed by atoms with Crippen LogP contribution in [0.4, 0.5) is 0 Å². The van der Waals surface area contributed by atoms with Crippen LogP contribution in [0.25, 0.3) is 0 Å². The SMILES string of the molecule is CC(=O)N/C(=C\C(C)C)C1(c2ccc(Cl)cc2)CCC1.CC(C)C/C(=N\O)C1(c2ccc(Cl)cc2)CCC1. The third-order valence-electron chi connectivity index (χ3n) is 7.81. The first-order chi connectivity index (χ1) is 18.0. The van der Waals surface area contributed by atoms with E-state index in [1.165, 1.54) is 24.0 Å². The average Bonchev–Trinajstić information content (AvgIpc) is 2.78. The highest BCUT2D eigenvalue weighted by Gasteiger charge is 2.44. The van der Waals surface area contributed by atoms with E-state index in [2.05, 4.69) is 68.5 Å². The number of rotatable bonds is 8. The quantitative estimate of drug-likeness (QED) is 0.193. The topological polar surface area (TPSA) is 61.7 Å². The van der Waals surface area contributed by atoms with E-state index in [1.54, 1.807) is 6.92 Å². The molecule has 0 heterocycles. The van der Waals surface area contributed by atoms with Crippen molar-refractivity contribution in [3.05, 3.63) is 81.5 Å². The van der Waals surface area contributed by atoms with Gasteiger partial charge in [0.1, 0.15) is 0 Å². The summed E-state index contributed by atoms with van der Waals surface area (Å²) in [6.45, 7) is 10.1. The van der Waals surface area contributed by atoms with E-state index in [0.717, 1.165) is 53.6 Å². The molecule has 2 aromatic rings. The Labute approximate surface area is 238 Å². The number of hydrogen-bond donors (Lipinski definition) is 2. The Kier molecular flexibility index (Phi) is 10.5. The first kappa shape index (κ1) is 30.2. The van der Waals surface area contributed by atoms with Gasteiger partial charge in [0.15, 0.2) is 0 Å². The van der Waals surface area contributed by atoms with E-state index in [-0.39, 0.29) is 16.7 Å². The summed E-state index contributed by atoms with van der Waals surface area (Å²) < 4.78 is 0. The van der Waals surface area contributed by atoms with Crippen molar-refractivity contribution in [2.75, 3.05) is 0 Å². The molecule has 4 rings (SSSR count). The van der Waals surface area contributed by atoms with Gasteiger partial charge in [-0.15, -0.1) is 0 Å². The summed E-state index contributed by atoms with van der Waals surface area (Å²) in [6.07, 6.45) is 9.70. The lowest BCUT2D eigenvalue weighted by Gasteiger charge is -2.44. The van der Waals surface area contributed by atoms with Crippen molar-refractivity contribution in [2.24, 2.45) is 17.0 Å². The fourth-order valence-electron chi connectivity index (χ4n) is 5.62. The molecule has 0 atom stereocenters. The lowest BCUT2D eigenvalue weighted by molar-refractivity contribution is -0.118. The number of oxime groups is 1. The van der Waals surface area contributed by atoms with Crippen LogP contribution in [0.5, 0.6) is 0 Å². The van der Waals surface area contributed by atoms with Gasteiger partial charge in [0.2, 0.25) is 5.91 Å². The van der Waals surface area contributed by atoms with Gasteiger partial charge in [0.05, 0.1) is 5.71 Å². The third-order valence-corrected chi connectivity index (χ3v) is 8.31. The van der Waals surface area contributed by atoms with Crippen LogP contribution in [0.1, 0.15) is 90.7 Å². The summed E-state index contributed by atoms with van der Waals surface area (Å²) in [5.41, 5.74) is 4.35. The van der Waals surface area contributed by atoms with Crippen molar-refractivity contribution < 1.29 is 10.0 Å². The zero-order valence-electron chi connectivity index (χ0n) is 23.4. The number of amides is 1. The lowest BCUT2D eigenvalue weighted by Crippen LogP contribution is -2.43. The summed E-state index contributed by atoms with van der Waals surface area (Å²) in [6, 6.07) is 16.0. The zero-order valence-corrected chi connectivity index (χ0v) is 24.9. The molecule has 1 amide bonds. The van der Waals surface area contributed by atoms with E-state index < -0.39 is 0 Å². The molecule has 6 heteroatoms. The van der Waals surface area contributed by atoms with Crippen LogP contribution in [-0.2, 0) is 15.6 Å². The Morgan fingerprint density at radius 3 is 1.66 bits per heavy atom. The molecule has 0 bridgehead atoms. The maximum atomic E-state index is 11.5. The molecule has 2 aromatic carbocycles. The molecule has 0 spiro atoms. The van der Waals surface area contributed by atoms with Crippen molar-refractivity contribution in [1.29, 1.82) is 0 Å². The first-order valence-electron chi connectivity index (χ1n) is 13.8. The van der Waals surface area contributed by atoms with Gasteiger partial charge in [-0.25, -0.2) is 0 Å². The summed E-state index contributed by atoms with van der Waals surface area (Å²) in [4.78, 5) is 11.5. The van der Waals surface area contributed by atoms with Crippen molar-refractivity contribution in [1.82, 2.24) is 5.32 Å². The Bertz CT molecular complexity index is 1130. The van der Waals surface area contributed by atoms with E-state index in [9.17, 15) is 10.0 Å². The van der Waals surface area contributed by atoms with Crippen LogP contribution in [0, 0.1) is 11.8 Å². The molecule has 2 saturated carbocycles. The summed E-state index contributed by atoms with van der Waals surface area (Å²) in [5, 5.41) is 17.5. The molecule has 0 aliphatic heterocycles. The molecule has 38 heavy (non-hydrogen) atoms. The van der Waals surface area contributed by atoms with Gasteiger partial charge in [0, 0.05) is 33.5 Å². The monoisotopic (exact) mass is 556 g/mol. The minimum atomic E-state index is -0.0520. The van der Waals surface area contributed by atoms with E-state index in [1.807, 2.05) is 24.3 Å². The van der Waals surface area contributed by atoms with Crippen molar-refractivity contribution in [2.45, 2.75) is 90.4 Å². The van der Waals surface area contributed by atoms with Crippen LogP contribution >= 0.6 is 23.2 Å². The maximum Gasteiger partial charge on any atom is 0.221 e. The normalized spacial score (nSPS) is 18.2. The molecular weight excluding hydrogens is 515 g/mol. The van der Waals surface area contributed by atoms with Crippen molar-refractivity contribution in [3.8, 4) is 0 Å². The number of carbonyl (C=O) groups is 1. The Hall–Kier alpha value is -2.30. The predicted octanol–water partition coefficient (Wildman–Crippen LogP) is 9.08. The van der Waals surface area contributed by atoms with Crippen molar-refractivity contribution in [3.63, 3.8) is 0 Å². The molecule has 4 nitrogen and oxygen atoms in total. The second kappa shape index (κ2) is 13.2. The largest absolute Gasteiger partial charge is 0.411 e. The van der Waals surface area contributed by atoms with Gasteiger partial charge < -0.3 is 10.5 Å². The smallest absolute Gasteiger partial charge is 0.221 e. The Morgan fingerprint density at radius 2 is 1.34 bits per heavy atom. The van der Waals surface area contributed by atoms with Gasteiger partial charge >= 0.3 is 0 Å². The van der Waals surface area contributed by atoms with Gasteiger partial charge in [-0.05, 0) is 79.3 Å². The summed E-state index contributed by atoms with van der Waals surface area (Å²) in [7, 11) is 0.